The fourth-order valence-electron chi connectivity index (χ4n) is 2.05. The van der Waals surface area contributed by atoms with Gasteiger partial charge in [0.1, 0.15) is 5.82 Å². The second-order valence-electron chi connectivity index (χ2n) is 4.64. The first-order chi connectivity index (χ1) is 9.73. The molecule has 1 N–H and O–H groups in total. The van der Waals surface area contributed by atoms with Crippen molar-refractivity contribution in [3.8, 4) is 0 Å². The molecule has 0 aliphatic carbocycles. The van der Waals surface area contributed by atoms with Crippen LogP contribution in [0.15, 0.2) is 17.0 Å². The Morgan fingerprint density at radius 3 is 2.43 bits per heavy atom. The van der Waals surface area contributed by atoms with E-state index in [9.17, 15) is 21.8 Å². The van der Waals surface area contributed by atoms with Crippen LogP contribution >= 0.6 is 0 Å². The molecule has 9 heteroatoms. The minimum absolute atomic E-state index is 0.0767. The number of hydrogen-bond donors (Lipinski definition) is 1. The van der Waals surface area contributed by atoms with Crippen molar-refractivity contribution >= 4 is 26.8 Å². The molecule has 1 fully saturated rings. The third-order valence-corrected chi connectivity index (χ3v) is 6.60. The number of carboxylic acid groups (broad SMARTS) is 1. The maximum Gasteiger partial charge on any atom is 0.335 e. The molecule has 1 saturated heterocycles. The normalized spacial score (nSPS) is 17.8. The van der Waals surface area contributed by atoms with Crippen LogP contribution in [0.4, 0.5) is 4.39 Å². The van der Waals surface area contributed by atoms with Crippen LogP contribution in [-0.2, 0) is 20.8 Å². The zero-order valence-corrected chi connectivity index (χ0v) is 12.8. The van der Waals surface area contributed by atoms with Crippen LogP contribution in [0.3, 0.4) is 0 Å². The number of sulfonamides is 1. The summed E-state index contributed by atoms with van der Waals surface area (Å²) in [6.45, 7) is 1.44. The molecule has 6 nitrogen and oxygen atoms in total. The van der Waals surface area contributed by atoms with Crippen molar-refractivity contribution in [1.29, 1.82) is 0 Å². The topological polar surface area (TPSA) is 91.8 Å². The van der Waals surface area contributed by atoms with Gasteiger partial charge < -0.3 is 5.11 Å². The Kier molecular flexibility index (Phi) is 4.45. The van der Waals surface area contributed by atoms with Gasteiger partial charge in [-0.15, -0.1) is 0 Å². The molecule has 0 atom stereocenters. The molecule has 116 valence electrons. The number of aromatic carboxylic acids is 1. The van der Waals surface area contributed by atoms with Crippen molar-refractivity contribution in [2.75, 3.05) is 24.6 Å². The molecule has 0 saturated carbocycles. The van der Waals surface area contributed by atoms with E-state index in [-0.39, 0.29) is 35.1 Å². The molecular formula is C12H14FNO5S2. The average Bonchev–Trinajstić information content (AvgIpc) is 2.41. The molecule has 0 bridgehead atoms. The number of hydrogen-bond acceptors (Lipinski definition) is 4. The number of halogens is 1. The molecule has 1 aliphatic rings. The van der Waals surface area contributed by atoms with Crippen LogP contribution in [0, 0.1) is 12.7 Å². The minimum atomic E-state index is -4.00. The second kappa shape index (κ2) is 5.82. The van der Waals surface area contributed by atoms with Crippen LogP contribution in [0.5, 0.6) is 0 Å². The Hall–Kier alpha value is -1.32. The standard InChI is InChI=1S/C12H14FNO5S2/c1-8-10(13)6-9(12(15)16)7-11(8)21(18,19)14-2-4-20(17)5-3-14/h6-7H,2-5H2,1H3,(H,15,16). The summed E-state index contributed by atoms with van der Waals surface area (Å²) in [6.07, 6.45) is 0. The van der Waals surface area contributed by atoms with Gasteiger partial charge in [-0.2, -0.15) is 4.31 Å². The number of nitrogens with zero attached hydrogens (tertiary/aromatic N) is 1. The number of rotatable bonds is 3. The van der Waals surface area contributed by atoms with Crippen molar-refractivity contribution < 1.29 is 26.9 Å². The molecule has 21 heavy (non-hydrogen) atoms. The first-order valence-corrected chi connectivity index (χ1v) is 9.05. The van der Waals surface area contributed by atoms with Crippen molar-refractivity contribution in [2.45, 2.75) is 11.8 Å². The second-order valence-corrected chi connectivity index (χ2v) is 8.24. The van der Waals surface area contributed by atoms with Crippen molar-refractivity contribution in [3.63, 3.8) is 0 Å². The van der Waals surface area contributed by atoms with Crippen LogP contribution in [0.2, 0.25) is 0 Å². The SMILES string of the molecule is Cc1c(F)cc(C(=O)O)cc1S(=O)(=O)N1CCS(=O)CC1. The molecule has 1 aliphatic heterocycles. The van der Waals surface area contributed by atoms with Gasteiger partial charge in [-0.05, 0) is 19.1 Å². The molecule has 0 radical (unpaired) electrons. The van der Waals surface area contributed by atoms with Gasteiger partial charge in [-0.3, -0.25) is 4.21 Å². The van der Waals surface area contributed by atoms with Gasteiger partial charge in [0, 0.05) is 41.0 Å². The molecule has 0 aromatic heterocycles. The smallest absolute Gasteiger partial charge is 0.335 e. The monoisotopic (exact) mass is 335 g/mol. The number of benzene rings is 1. The van der Waals surface area contributed by atoms with E-state index in [1.165, 1.54) is 6.92 Å². The van der Waals surface area contributed by atoms with Crippen LogP contribution in [0.25, 0.3) is 0 Å². The van der Waals surface area contributed by atoms with E-state index < -0.39 is 38.2 Å². The van der Waals surface area contributed by atoms with E-state index in [1.807, 2.05) is 0 Å². The van der Waals surface area contributed by atoms with Crippen molar-refractivity contribution in [1.82, 2.24) is 4.31 Å². The van der Waals surface area contributed by atoms with Crippen molar-refractivity contribution in [2.24, 2.45) is 0 Å². The summed E-state index contributed by atoms with van der Waals surface area (Å²) in [7, 11) is -5.05. The summed E-state index contributed by atoms with van der Waals surface area (Å²) in [6, 6.07) is 1.75. The lowest BCUT2D eigenvalue weighted by Gasteiger charge is -2.26. The minimum Gasteiger partial charge on any atom is -0.478 e. The fraction of sp³-hybridized carbons (Fsp3) is 0.417. The van der Waals surface area contributed by atoms with Gasteiger partial charge in [-0.25, -0.2) is 17.6 Å². The summed E-state index contributed by atoms with van der Waals surface area (Å²) in [5, 5.41) is 8.92. The molecule has 0 amide bonds. The third-order valence-electron chi connectivity index (χ3n) is 3.30. The molecule has 1 heterocycles. The molecule has 0 unspecified atom stereocenters. The summed E-state index contributed by atoms with van der Waals surface area (Å²) in [5.41, 5.74) is -0.538. The highest BCUT2D eigenvalue weighted by molar-refractivity contribution is 7.89. The molecule has 2 rings (SSSR count). The highest BCUT2D eigenvalue weighted by Crippen LogP contribution is 2.25. The average molecular weight is 335 g/mol. The summed E-state index contributed by atoms with van der Waals surface area (Å²) < 4.78 is 51.2. The van der Waals surface area contributed by atoms with Gasteiger partial charge in [0.05, 0.1) is 10.5 Å². The third kappa shape index (κ3) is 3.14. The Labute approximate surface area is 124 Å². The van der Waals surface area contributed by atoms with E-state index in [1.54, 1.807) is 0 Å². The molecular weight excluding hydrogens is 321 g/mol. The first-order valence-electron chi connectivity index (χ1n) is 6.12. The van der Waals surface area contributed by atoms with Gasteiger partial charge in [0.2, 0.25) is 10.0 Å². The number of carbonyl (C=O) groups is 1. The maximum absolute atomic E-state index is 13.8. The Morgan fingerprint density at radius 2 is 1.90 bits per heavy atom. The highest BCUT2D eigenvalue weighted by atomic mass is 32.2. The van der Waals surface area contributed by atoms with E-state index in [0.717, 1.165) is 16.4 Å². The zero-order chi connectivity index (χ0) is 15.8. The Balaban J connectivity index is 2.49. The van der Waals surface area contributed by atoms with E-state index >= 15 is 0 Å². The van der Waals surface area contributed by atoms with E-state index in [0.29, 0.717) is 0 Å². The predicted octanol–water partition coefficient (Wildman–Crippen LogP) is 0.585. The van der Waals surface area contributed by atoms with E-state index in [2.05, 4.69) is 0 Å². The number of carboxylic acids is 1. The lowest BCUT2D eigenvalue weighted by molar-refractivity contribution is 0.0696. The Morgan fingerprint density at radius 1 is 1.33 bits per heavy atom. The van der Waals surface area contributed by atoms with Crippen LogP contribution < -0.4 is 0 Å². The molecule has 1 aromatic rings. The van der Waals surface area contributed by atoms with Crippen LogP contribution in [0.1, 0.15) is 15.9 Å². The van der Waals surface area contributed by atoms with Gasteiger partial charge in [0.25, 0.3) is 0 Å². The maximum atomic E-state index is 13.8. The van der Waals surface area contributed by atoms with E-state index in [4.69, 9.17) is 5.11 Å². The lowest BCUT2D eigenvalue weighted by Crippen LogP contribution is -2.42. The highest BCUT2D eigenvalue weighted by Gasteiger charge is 2.31. The zero-order valence-electron chi connectivity index (χ0n) is 11.2. The quantitative estimate of drug-likeness (QED) is 0.873. The summed E-state index contributed by atoms with van der Waals surface area (Å²) in [5.74, 6) is -1.84. The summed E-state index contributed by atoms with van der Waals surface area (Å²) in [4.78, 5) is 10.6. The fourth-order valence-corrected chi connectivity index (χ4v) is 5.03. The van der Waals surface area contributed by atoms with Gasteiger partial charge in [-0.1, -0.05) is 0 Å². The first kappa shape index (κ1) is 16.1. The van der Waals surface area contributed by atoms with Gasteiger partial charge >= 0.3 is 5.97 Å². The molecule has 0 spiro atoms. The predicted molar refractivity (Wildman–Crippen MR) is 74.7 cm³/mol. The summed E-state index contributed by atoms with van der Waals surface area (Å²) >= 11 is 0. The van der Waals surface area contributed by atoms with Gasteiger partial charge in [0.15, 0.2) is 0 Å². The Bertz CT molecular complexity index is 707. The van der Waals surface area contributed by atoms with Crippen LogP contribution in [-0.4, -0.2) is 52.6 Å². The molecule has 1 aromatic carbocycles. The van der Waals surface area contributed by atoms with Crippen molar-refractivity contribution in [3.05, 3.63) is 29.1 Å². The lowest BCUT2D eigenvalue weighted by atomic mass is 10.1. The largest absolute Gasteiger partial charge is 0.478 e.